The van der Waals surface area contributed by atoms with Crippen molar-refractivity contribution in [2.75, 3.05) is 6.54 Å². The lowest BCUT2D eigenvalue weighted by atomic mass is 9.80. The first-order valence-electron chi connectivity index (χ1n) is 6.96. The van der Waals surface area contributed by atoms with Gasteiger partial charge in [-0.3, -0.25) is 0 Å². The molecule has 0 bridgehead atoms. The van der Waals surface area contributed by atoms with Crippen LogP contribution in [-0.2, 0) is 6.42 Å². The molecule has 0 unspecified atom stereocenters. The van der Waals surface area contributed by atoms with Crippen LogP contribution in [0.3, 0.4) is 0 Å². The van der Waals surface area contributed by atoms with Gasteiger partial charge in [-0.15, -0.1) is 0 Å². The standard InChI is InChI=1S/C16H24N/c17-13-16-11-9-15(10-12-16)8-4-7-14-5-2-1-3-6-14/h1-3,5-6,8,15-16H,4,7,9-13,17H2. The van der Waals surface area contributed by atoms with Gasteiger partial charge in [0.1, 0.15) is 0 Å². The minimum absolute atomic E-state index is 0.800. The van der Waals surface area contributed by atoms with Gasteiger partial charge in [-0.25, -0.2) is 0 Å². The fraction of sp³-hybridized carbons (Fsp3) is 0.562. The van der Waals surface area contributed by atoms with Crippen molar-refractivity contribution in [3.63, 3.8) is 0 Å². The molecule has 1 aliphatic rings. The Kier molecular flexibility index (Phi) is 5.06. The van der Waals surface area contributed by atoms with E-state index in [0.29, 0.717) is 0 Å². The average Bonchev–Trinajstić information content (AvgIpc) is 2.41. The zero-order valence-corrected chi connectivity index (χ0v) is 10.6. The molecule has 1 aromatic carbocycles. The summed E-state index contributed by atoms with van der Waals surface area (Å²) in [4.78, 5) is 0. The van der Waals surface area contributed by atoms with Crippen molar-refractivity contribution < 1.29 is 0 Å². The molecule has 1 aromatic rings. The molecule has 1 fully saturated rings. The van der Waals surface area contributed by atoms with E-state index in [0.717, 1.165) is 18.4 Å². The number of aryl methyl sites for hydroxylation is 1. The molecule has 0 aliphatic heterocycles. The first-order chi connectivity index (χ1) is 8.38. The Labute approximate surface area is 105 Å². The first-order valence-corrected chi connectivity index (χ1v) is 6.96. The number of hydrogen-bond acceptors (Lipinski definition) is 1. The van der Waals surface area contributed by atoms with E-state index in [2.05, 4.69) is 36.8 Å². The monoisotopic (exact) mass is 230 g/mol. The zero-order valence-electron chi connectivity index (χ0n) is 10.6. The van der Waals surface area contributed by atoms with Gasteiger partial charge >= 0.3 is 0 Å². The van der Waals surface area contributed by atoms with E-state index in [9.17, 15) is 0 Å². The normalized spacial score (nSPS) is 24.8. The van der Waals surface area contributed by atoms with Gasteiger partial charge in [-0.1, -0.05) is 30.3 Å². The van der Waals surface area contributed by atoms with Crippen molar-refractivity contribution in [2.45, 2.75) is 38.5 Å². The largest absolute Gasteiger partial charge is 0.330 e. The predicted octanol–water partition coefficient (Wildman–Crippen LogP) is 3.59. The minimum atomic E-state index is 0.800. The Balaban J connectivity index is 1.63. The van der Waals surface area contributed by atoms with E-state index in [1.54, 1.807) is 0 Å². The van der Waals surface area contributed by atoms with Gasteiger partial charge in [0, 0.05) is 0 Å². The number of nitrogens with two attached hydrogens (primary N) is 1. The molecule has 17 heavy (non-hydrogen) atoms. The molecule has 1 aliphatic carbocycles. The second-order valence-corrected chi connectivity index (χ2v) is 5.28. The molecule has 0 heterocycles. The van der Waals surface area contributed by atoms with Crippen LogP contribution >= 0.6 is 0 Å². The summed E-state index contributed by atoms with van der Waals surface area (Å²) < 4.78 is 0. The predicted molar refractivity (Wildman–Crippen MR) is 73.6 cm³/mol. The van der Waals surface area contributed by atoms with Gasteiger partial charge in [-0.2, -0.15) is 0 Å². The fourth-order valence-corrected chi connectivity index (χ4v) is 2.79. The Bertz CT molecular complexity index is 299. The molecule has 2 N–H and O–H groups in total. The minimum Gasteiger partial charge on any atom is -0.330 e. The van der Waals surface area contributed by atoms with E-state index >= 15 is 0 Å². The van der Waals surface area contributed by atoms with Crippen LogP contribution in [0.4, 0.5) is 0 Å². The lowest BCUT2D eigenvalue weighted by Crippen LogP contribution is -2.21. The highest BCUT2D eigenvalue weighted by molar-refractivity contribution is 5.15. The Hall–Kier alpha value is -0.820. The van der Waals surface area contributed by atoms with Crippen LogP contribution in [0.2, 0.25) is 0 Å². The third kappa shape index (κ3) is 4.16. The summed E-state index contributed by atoms with van der Waals surface area (Å²) in [6.07, 6.45) is 10.3. The zero-order chi connectivity index (χ0) is 11.9. The van der Waals surface area contributed by atoms with Crippen LogP contribution in [0.5, 0.6) is 0 Å². The quantitative estimate of drug-likeness (QED) is 0.822. The van der Waals surface area contributed by atoms with Gasteiger partial charge in [0.05, 0.1) is 0 Å². The Morgan fingerprint density at radius 2 is 1.76 bits per heavy atom. The van der Waals surface area contributed by atoms with Gasteiger partial charge in [0.15, 0.2) is 0 Å². The summed E-state index contributed by atoms with van der Waals surface area (Å²) >= 11 is 0. The SMILES string of the molecule is NCC1CCC([CH]CCc2ccccc2)CC1. The average molecular weight is 230 g/mol. The summed E-state index contributed by atoms with van der Waals surface area (Å²) in [7, 11) is 0. The third-order valence-electron chi connectivity index (χ3n) is 4.00. The molecule has 0 atom stereocenters. The van der Waals surface area contributed by atoms with Gasteiger partial charge in [0.2, 0.25) is 0 Å². The van der Waals surface area contributed by atoms with Gasteiger partial charge in [0.25, 0.3) is 0 Å². The Morgan fingerprint density at radius 1 is 1.06 bits per heavy atom. The molecule has 0 aromatic heterocycles. The molecule has 0 amide bonds. The van der Waals surface area contributed by atoms with Crippen molar-refractivity contribution in [3.05, 3.63) is 42.3 Å². The maximum Gasteiger partial charge on any atom is -0.00489 e. The number of benzene rings is 1. The van der Waals surface area contributed by atoms with E-state index in [-0.39, 0.29) is 0 Å². The van der Waals surface area contributed by atoms with Crippen LogP contribution in [0.25, 0.3) is 0 Å². The molecule has 2 rings (SSSR count). The van der Waals surface area contributed by atoms with Crippen LogP contribution < -0.4 is 5.73 Å². The molecule has 0 saturated heterocycles. The molecule has 1 saturated carbocycles. The smallest absolute Gasteiger partial charge is 0.00489 e. The maximum atomic E-state index is 5.71. The molecule has 1 radical (unpaired) electrons. The molecule has 1 heteroatoms. The van der Waals surface area contributed by atoms with E-state index < -0.39 is 0 Å². The summed E-state index contributed by atoms with van der Waals surface area (Å²) in [6, 6.07) is 10.8. The lowest BCUT2D eigenvalue weighted by molar-refractivity contribution is 0.300. The fourth-order valence-electron chi connectivity index (χ4n) is 2.79. The molecule has 93 valence electrons. The van der Waals surface area contributed by atoms with E-state index in [1.807, 2.05) is 0 Å². The first kappa shape index (κ1) is 12.6. The van der Waals surface area contributed by atoms with Crippen molar-refractivity contribution in [2.24, 2.45) is 17.6 Å². The van der Waals surface area contributed by atoms with Gasteiger partial charge < -0.3 is 5.73 Å². The molecular weight excluding hydrogens is 206 g/mol. The van der Waals surface area contributed by atoms with Crippen LogP contribution in [0.15, 0.2) is 30.3 Å². The summed E-state index contributed by atoms with van der Waals surface area (Å²) in [5, 5.41) is 0. The van der Waals surface area contributed by atoms with Crippen molar-refractivity contribution in [1.82, 2.24) is 0 Å². The number of hydrogen-bond donors (Lipinski definition) is 1. The van der Waals surface area contributed by atoms with E-state index in [4.69, 9.17) is 5.73 Å². The van der Waals surface area contributed by atoms with Crippen LogP contribution in [-0.4, -0.2) is 6.54 Å². The highest BCUT2D eigenvalue weighted by Crippen LogP contribution is 2.30. The van der Waals surface area contributed by atoms with Gasteiger partial charge in [-0.05, 0) is 68.9 Å². The summed E-state index contributed by atoms with van der Waals surface area (Å²) in [5.74, 6) is 1.65. The Morgan fingerprint density at radius 3 is 2.41 bits per heavy atom. The summed E-state index contributed by atoms with van der Waals surface area (Å²) in [6.45, 7) is 0.886. The molecule has 0 spiro atoms. The molecule has 1 nitrogen and oxygen atoms in total. The highest BCUT2D eigenvalue weighted by Gasteiger charge is 2.19. The summed E-state index contributed by atoms with van der Waals surface area (Å²) in [5.41, 5.74) is 7.17. The lowest BCUT2D eigenvalue weighted by Gasteiger charge is -2.27. The second-order valence-electron chi connectivity index (χ2n) is 5.28. The van der Waals surface area contributed by atoms with Crippen molar-refractivity contribution >= 4 is 0 Å². The third-order valence-corrected chi connectivity index (χ3v) is 4.00. The molecular formula is C16H24N. The maximum absolute atomic E-state index is 5.71. The van der Waals surface area contributed by atoms with Crippen molar-refractivity contribution in [3.8, 4) is 0 Å². The van der Waals surface area contributed by atoms with E-state index in [1.165, 1.54) is 44.1 Å². The number of rotatable bonds is 5. The van der Waals surface area contributed by atoms with Crippen molar-refractivity contribution in [1.29, 1.82) is 0 Å². The topological polar surface area (TPSA) is 26.0 Å². The van der Waals surface area contributed by atoms with Crippen LogP contribution in [0, 0.1) is 18.3 Å². The highest BCUT2D eigenvalue weighted by atomic mass is 14.5. The second kappa shape index (κ2) is 6.80. The van der Waals surface area contributed by atoms with Crippen LogP contribution in [0.1, 0.15) is 37.7 Å².